The molecule has 348 valence electrons. The molecule has 4 rings (SSSR count). The van der Waals surface area contributed by atoms with Crippen molar-refractivity contribution in [3.05, 3.63) is 152 Å². The topological polar surface area (TPSA) is 213 Å². The molecule has 0 aliphatic heterocycles. The number of nitro benzene ring substituents is 2. The number of ether oxygens (including phenoxy) is 3. The molecule has 4 N–H and O–H groups in total. The summed E-state index contributed by atoms with van der Waals surface area (Å²) >= 11 is 0. The molecule has 1 amide bonds. The van der Waals surface area contributed by atoms with E-state index < -0.39 is 46.4 Å². The lowest BCUT2D eigenvalue weighted by Crippen LogP contribution is -2.50. The Morgan fingerprint density at radius 1 is 0.641 bits per heavy atom. The number of nitrogens with two attached hydrogens (primary N) is 1. The number of alkyl carbamates (subject to hydrolysis) is 1. The van der Waals surface area contributed by atoms with E-state index in [1.165, 1.54) is 24.3 Å². The summed E-state index contributed by atoms with van der Waals surface area (Å²) in [6, 6.07) is 31.5. The molecule has 0 spiro atoms. The predicted molar refractivity (Wildman–Crippen MR) is 247 cm³/mol. The van der Waals surface area contributed by atoms with Gasteiger partial charge in [-0.1, -0.05) is 113 Å². The number of carbonyl (C=O) groups excluding carboxylic acids is 2. The monoisotopic (exact) mass is 886 g/mol. The van der Waals surface area contributed by atoms with Crippen molar-refractivity contribution in [3.8, 4) is 0 Å². The van der Waals surface area contributed by atoms with Crippen molar-refractivity contribution in [2.24, 2.45) is 17.6 Å². The lowest BCUT2D eigenvalue weighted by Gasteiger charge is -2.31. The molecule has 0 heterocycles. The molecule has 4 aromatic carbocycles. The summed E-state index contributed by atoms with van der Waals surface area (Å²) in [5.74, 6) is 0.715. The lowest BCUT2D eigenvalue weighted by atomic mass is 10.0. The van der Waals surface area contributed by atoms with Gasteiger partial charge in [0.15, 0.2) is 0 Å². The number of nitrogens with zero attached hydrogens (tertiary/aromatic N) is 4. The van der Waals surface area contributed by atoms with Gasteiger partial charge in [-0.25, -0.2) is 9.59 Å². The summed E-state index contributed by atoms with van der Waals surface area (Å²) in [5, 5.41) is 35.7. The Morgan fingerprint density at radius 3 is 1.50 bits per heavy atom. The highest BCUT2D eigenvalue weighted by Gasteiger charge is 2.28. The molecule has 4 atom stereocenters. The molecule has 0 fully saturated rings. The van der Waals surface area contributed by atoms with Crippen molar-refractivity contribution in [1.82, 2.24) is 15.1 Å². The predicted octanol–water partition coefficient (Wildman–Crippen LogP) is 7.94. The second-order valence-corrected chi connectivity index (χ2v) is 16.4. The summed E-state index contributed by atoms with van der Waals surface area (Å²) < 4.78 is 15.6. The number of carbonyl (C=O) groups is 2. The second-order valence-electron chi connectivity index (χ2n) is 16.4. The van der Waals surface area contributed by atoms with Crippen molar-refractivity contribution >= 4 is 23.6 Å². The quantitative estimate of drug-likeness (QED) is 0.0347. The summed E-state index contributed by atoms with van der Waals surface area (Å²) in [4.78, 5) is 49.4. The Bertz CT molecular complexity index is 1970. The number of aliphatic hydroxyl groups is 1. The Hall–Kier alpha value is -5.94. The Morgan fingerprint density at radius 2 is 1.08 bits per heavy atom. The lowest BCUT2D eigenvalue weighted by molar-refractivity contribution is -0.385. The zero-order chi connectivity index (χ0) is 47.0. The highest BCUT2D eigenvalue weighted by molar-refractivity contribution is 5.67. The number of rotatable bonds is 24. The molecule has 0 aliphatic carbocycles. The number of nitro groups is 2. The molecule has 64 heavy (non-hydrogen) atoms. The van der Waals surface area contributed by atoms with Gasteiger partial charge in [0.1, 0.15) is 6.10 Å². The van der Waals surface area contributed by atoms with E-state index in [1.54, 1.807) is 38.1 Å². The van der Waals surface area contributed by atoms with Gasteiger partial charge in [0, 0.05) is 69.6 Å². The number of aliphatic hydroxyl groups excluding tert-OH is 1. The first kappa shape index (κ1) is 52.4. The van der Waals surface area contributed by atoms with Crippen molar-refractivity contribution in [2.45, 2.75) is 91.8 Å². The zero-order valence-corrected chi connectivity index (χ0v) is 37.9. The number of benzene rings is 4. The first-order chi connectivity index (χ1) is 30.6. The standard InChI is InChI=1S/2C24H33N3O5/c1-4-31-24(28)32-23(22(25)14-19-8-6-5-7-9-19)17-26(15-18(2)3)16-20-10-12-21(13-11-20)27(29)30;1-4-32-24(29)25-22(14-19-8-6-5-7-9-19)23(28)17-26(15-18(2)3)16-20-10-12-21(13-11-20)27(30)31/h5-13,18,22-23H,4,14-17,25H2,1-3H3;5-13,18,22-23,28H,4,14-17H2,1-3H3,(H,25,29)/t2*22-,23+/m00/s1. The maximum Gasteiger partial charge on any atom is 0.508 e. The van der Waals surface area contributed by atoms with Crippen molar-refractivity contribution in [2.75, 3.05) is 39.4 Å². The molecule has 0 saturated heterocycles. The summed E-state index contributed by atoms with van der Waals surface area (Å²) in [6.07, 6.45) is -1.69. The van der Waals surface area contributed by atoms with Crippen LogP contribution in [0.4, 0.5) is 21.0 Å². The Balaban J connectivity index is 0.000000340. The SMILES string of the molecule is CCOC(=O)N[C@@H](Cc1ccccc1)[C@H](O)CN(Cc1ccc([N+](=O)[O-])cc1)CC(C)C.CCOC(=O)O[C@H](CN(Cc1ccc([N+](=O)[O-])cc1)CC(C)C)[C@@H](N)Cc1ccccc1. The maximum absolute atomic E-state index is 12.1. The van der Waals surface area contributed by atoms with Gasteiger partial charge in [0.25, 0.3) is 11.4 Å². The van der Waals surface area contributed by atoms with Gasteiger partial charge in [-0.3, -0.25) is 30.0 Å². The van der Waals surface area contributed by atoms with Crippen LogP contribution >= 0.6 is 0 Å². The average molecular weight is 887 g/mol. The van der Waals surface area contributed by atoms with E-state index >= 15 is 0 Å². The van der Waals surface area contributed by atoms with Crippen LogP contribution in [0.3, 0.4) is 0 Å². The van der Waals surface area contributed by atoms with Crippen molar-refractivity contribution in [3.63, 3.8) is 0 Å². The fraction of sp³-hybridized carbons (Fsp3) is 0.458. The van der Waals surface area contributed by atoms with E-state index in [-0.39, 0.29) is 24.6 Å². The second kappa shape index (κ2) is 28.0. The van der Waals surface area contributed by atoms with Crippen LogP contribution in [0.15, 0.2) is 109 Å². The molecule has 16 nitrogen and oxygen atoms in total. The number of hydrogen-bond donors (Lipinski definition) is 3. The van der Waals surface area contributed by atoms with E-state index in [2.05, 4.69) is 42.8 Å². The van der Waals surface area contributed by atoms with Gasteiger partial charge >= 0.3 is 12.2 Å². The van der Waals surface area contributed by atoms with Crippen LogP contribution in [0.25, 0.3) is 0 Å². The third-order valence-corrected chi connectivity index (χ3v) is 9.88. The van der Waals surface area contributed by atoms with Crippen LogP contribution < -0.4 is 11.1 Å². The molecule has 4 aromatic rings. The number of amides is 1. The van der Waals surface area contributed by atoms with E-state index in [1.807, 2.05) is 60.7 Å². The van der Waals surface area contributed by atoms with Gasteiger partial charge in [0.05, 0.1) is 35.2 Å². The van der Waals surface area contributed by atoms with Gasteiger partial charge < -0.3 is 30.4 Å². The van der Waals surface area contributed by atoms with Crippen molar-refractivity contribution < 1.29 is 38.8 Å². The molecule has 0 saturated carbocycles. The first-order valence-electron chi connectivity index (χ1n) is 21.8. The highest BCUT2D eigenvalue weighted by Crippen LogP contribution is 2.19. The minimum Gasteiger partial charge on any atom is -0.450 e. The van der Waals surface area contributed by atoms with E-state index in [0.29, 0.717) is 50.9 Å². The van der Waals surface area contributed by atoms with Gasteiger partial charge in [-0.05, 0) is 60.8 Å². The smallest absolute Gasteiger partial charge is 0.450 e. The van der Waals surface area contributed by atoms with Gasteiger partial charge in [0.2, 0.25) is 0 Å². The highest BCUT2D eigenvalue weighted by atomic mass is 16.7. The van der Waals surface area contributed by atoms with Crippen LogP contribution in [0.1, 0.15) is 63.8 Å². The van der Waals surface area contributed by atoms with E-state index in [4.69, 9.17) is 19.9 Å². The normalized spacial score (nSPS) is 13.1. The van der Waals surface area contributed by atoms with Crippen molar-refractivity contribution in [1.29, 1.82) is 0 Å². The van der Waals surface area contributed by atoms with Crippen LogP contribution in [0, 0.1) is 32.1 Å². The van der Waals surface area contributed by atoms with Gasteiger partial charge in [-0.15, -0.1) is 0 Å². The van der Waals surface area contributed by atoms with Crippen LogP contribution in [0.5, 0.6) is 0 Å². The molecule has 0 unspecified atom stereocenters. The fourth-order valence-electron chi connectivity index (χ4n) is 7.08. The summed E-state index contributed by atoms with van der Waals surface area (Å²) in [7, 11) is 0. The third kappa shape index (κ3) is 20.1. The molecule has 0 radical (unpaired) electrons. The number of nitrogens with one attached hydrogen (secondary N) is 1. The fourth-order valence-corrected chi connectivity index (χ4v) is 7.08. The molecule has 0 bridgehead atoms. The van der Waals surface area contributed by atoms with E-state index in [9.17, 15) is 34.9 Å². The molecular weight excluding hydrogens is 821 g/mol. The minimum atomic E-state index is -0.837. The Kier molecular flexibility index (Phi) is 22.9. The number of non-ortho nitro benzene ring substituents is 2. The van der Waals surface area contributed by atoms with Crippen LogP contribution in [-0.4, -0.2) is 101 Å². The minimum absolute atomic E-state index is 0.0470. The summed E-state index contributed by atoms with van der Waals surface area (Å²) in [6.45, 7) is 15.6. The van der Waals surface area contributed by atoms with Crippen LogP contribution in [-0.2, 0) is 40.1 Å². The average Bonchev–Trinajstić information content (AvgIpc) is 3.24. The molecule has 16 heteroatoms. The molecule has 0 aliphatic rings. The maximum atomic E-state index is 12.1. The zero-order valence-electron chi connectivity index (χ0n) is 37.9. The molecule has 0 aromatic heterocycles. The first-order valence-corrected chi connectivity index (χ1v) is 21.8. The molecular formula is C48H66N6O10. The largest absolute Gasteiger partial charge is 0.508 e. The number of hydrogen-bond acceptors (Lipinski definition) is 13. The third-order valence-electron chi connectivity index (χ3n) is 9.88. The Labute approximate surface area is 377 Å². The van der Waals surface area contributed by atoms with Crippen LogP contribution in [0.2, 0.25) is 0 Å². The van der Waals surface area contributed by atoms with E-state index in [0.717, 1.165) is 35.3 Å². The summed E-state index contributed by atoms with van der Waals surface area (Å²) in [5.41, 5.74) is 10.5. The van der Waals surface area contributed by atoms with Gasteiger partial charge in [-0.2, -0.15) is 0 Å².